The highest BCUT2D eigenvalue weighted by molar-refractivity contribution is 5.21. The standard InChI is InChI=1S/C15H25N3O/c1-4-13-8-17-7-5-6-14(17)9-18(13)10-15-11(2)16-19-12(15)3/h13-14H,4-10H2,1-3H3. The SMILES string of the molecule is CCC1CN2CCCC2CN1Cc1c(C)noc1C. The van der Waals surface area contributed by atoms with E-state index in [1.165, 1.54) is 44.5 Å². The van der Waals surface area contributed by atoms with Gasteiger partial charge in [0, 0.05) is 37.3 Å². The minimum atomic E-state index is 0.683. The largest absolute Gasteiger partial charge is 0.361 e. The molecule has 0 aromatic carbocycles. The van der Waals surface area contributed by atoms with Gasteiger partial charge in [-0.2, -0.15) is 0 Å². The average molecular weight is 263 g/mol. The van der Waals surface area contributed by atoms with E-state index in [0.717, 1.165) is 24.0 Å². The smallest absolute Gasteiger partial charge is 0.138 e. The molecule has 3 rings (SSSR count). The Kier molecular flexibility index (Phi) is 3.63. The predicted molar refractivity (Wildman–Crippen MR) is 75.1 cm³/mol. The van der Waals surface area contributed by atoms with Gasteiger partial charge in [-0.25, -0.2) is 0 Å². The first-order chi connectivity index (χ1) is 9.19. The van der Waals surface area contributed by atoms with E-state index in [4.69, 9.17) is 4.52 Å². The molecule has 0 amide bonds. The van der Waals surface area contributed by atoms with Crippen molar-refractivity contribution in [2.24, 2.45) is 0 Å². The average Bonchev–Trinajstić information content (AvgIpc) is 2.98. The summed E-state index contributed by atoms with van der Waals surface area (Å²) in [4.78, 5) is 5.34. The van der Waals surface area contributed by atoms with Crippen LogP contribution in [0.25, 0.3) is 0 Å². The molecule has 19 heavy (non-hydrogen) atoms. The summed E-state index contributed by atoms with van der Waals surface area (Å²) in [5, 5.41) is 4.09. The highest BCUT2D eigenvalue weighted by Crippen LogP contribution is 2.28. The van der Waals surface area contributed by atoms with Gasteiger partial charge in [0.2, 0.25) is 0 Å². The van der Waals surface area contributed by atoms with E-state index in [1.807, 2.05) is 6.92 Å². The molecule has 106 valence electrons. The van der Waals surface area contributed by atoms with Gasteiger partial charge >= 0.3 is 0 Å². The van der Waals surface area contributed by atoms with E-state index in [0.29, 0.717) is 6.04 Å². The van der Waals surface area contributed by atoms with Crippen LogP contribution in [-0.4, -0.2) is 46.7 Å². The summed E-state index contributed by atoms with van der Waals surface area (Å²) in [6.45, 7) is 11.2. The van der Waals surface area contributed by atoms with Gasteiger partial charge in [0.05, 0.1) is 5.69 Å². The molecule has 3 heterocycles. The molecular weight excluding hydrogens is 238 g/mol. The van der Waals surface area contributed by atoms with E-state index < -0.39 is 0 Å². The molecule has 2 aliphatic rings. The monoisotopic (exact) mass is 263 g/mol. The number of piperazine rings is 1. The van der Waals surface area contributed by atoms with Crippen LogP contribution in [0.4, 0.5) is 0 Å². The van der Waals surface area contributed by atoms with Crippen LogP contribution in [0, 0.1) is 13.8 Å². The third-order valence-corrected chi connectivity index (χ3v) is 4.92. The second-order valence-corrected chi connectivity index (χ2v) is 6.09. The fourth-order valence-corrected chi connectivity index (χ4v) is 3.66. The molecule has 2 saturated heterocycles. The first-order valence-corrected chi connectivity index (χ1v) is 7.59. The van der Waals surface area contributed by atoms with Gasteiger partial charge in [-0.15, -0.1) is 0 Å². The lowest BCUT2D eigenvalue weighted by atomic mass is 10.0. The van der Waals surface area contributed by atoms with Crippen molar-refractivity contribution >= 4 is 0 Å². The molecular formula is C15H25N3O. The van der Waals surface area contributed by atoms with Crippen molar-refractivity contribution in [3.8, 4) is 0 Å². The van der Waals surface area contributed by atoms with Crippen LogP contribution in [0.5, 0.6) is 0 Å². The molecule has 0 radical (unpaired) electrons. The Labute approximate surface area is 115 Å². The summed E-state index contributed by atoms with van der Waals surface area (Å²) in [5.41, 5.74) is 2.35. The predicted octanol–water partition coefficient (Wildman–Crippen LogP) is 2.35. The first-order valence-electron chi connectivity index (χ1n) is 7.59. The molecule has 0 spiro atoms. The quantitative estimate of drug-likeness (QED) is 0.838. The molecule has 0 N–H and O–H groups in total. The number of fused-ring (bicyclic) bond motifs is 1. The summed E-state index contributed by atoms with van der Waals surface area (Å²) in [6, 6.07) is 1.46. The van der Waals surface area contributed by atoms with Crippen LogP contribution in [0.15, 0.2) is 4.52 Å². The molecule has 1 aromatic rings. The van der Waals surface area contributed by atoms with Crippen LogP contribution in [0.2, 0.25) is 0 Å². The Hall–Kier alpha value is -0.870. The lowest BCUT2D eigenvalue weighted by Crippen LogP contribution is -2.55. The fourth-order valence-electron chi connectivity index (χ4n) is 3.66. The normalized spacial score (nSPS) is 28.8. The molecule has 2 unspecified atom stereocenters. The van der Waals surface area contributed by atoms with Gasteiger partial charge in [0.1, 0.15) is 5.76 Å². The topological polar surface area (TPSA) is 32.5 Å². The minimum absolute atomic E-state index is 0.683. The van der Waals surface area contributed by atoms with Crippen LogP contribution in [0.1, 0.15) is 43.2 Å². The number of nitrogens with zero attached hydrogens (tertiary/aromatic N) is 3. The lowest BCUT2D eigenvalue weighted by Gasteiger charge is -2.43. The van der Waals surface area contributed by atoms with Crippen molar-refractivity contribution in [3.63, 3.8) is 0 Å². The van der Waals surface area contributed by atoms with Gasteiger partial charge in [-0.1, -0.05) is 12.1 Å². The van der Waals surface area contributed by atoms with Crippen LogP contribution in [0.3, 0.4) is 0 Å². The Bertz CT molecular complexity index is 423. The van der Waals surface area contributed by atoms with Gasteiger partial charge < -0.3 is 4.52 Å². The molecule has 4 nitrogen and oxygen atoms in total. The van der Waals surface area contributed by atoms with E-state index in [1.54, 1.807) is 0 Å². The number of aryl methyl sites for hydroxylation is 2. The van der Waals surface area contributed by atoms with E-state index in [9.17, 15) is 0 Å². The van der Waals surface area contributed by atoms with Crippen molar-refractivity contribution in [2.75, 3.05) is 19.6 Å². The number of hydrogen-bond acceptors (Lipinski definition) is 4. The zero-order valence-electron chi connectivity index (χ0n) is 12.4. The maximum atomic E-state index is 5.31. The van der Waals surface area contributed by atoms with Crippen molar-refractivity contribution in [2.45, 2.75) is 58.7 Å². The fraction of sp³-hybridized carbons (Fsp3) is 0.800. The molecule has 4 heteroatoms. The van der Waals surface area contributed by atoms with Crippen molar-refractivity contribution < 1.29 is 4.52 Å². The third-order valence-electron chi connectivity index (χ3n) is 4.92. The second kappa shape index (κ2) is 5.25. The van der Waals surface area contributed by atoms with Crippen molar-refractivity contribution in [1.82, 2.24) is 15.0 Å². The van der Waals surface area contributed by atoms with Crippen molar-refractivity contribution in [3.05, 3.63) is 17.0 Å². The third kappa shape index (κ3) is 2.43. The first kappa shape index (κ1) is 13.1. The Morgan fingerprint density at radius 1 is 1.32 bits per heavy atom. The van der Waals surface area contributed by atoms with E-state index in [2.05, 4.69) is 28.8 Å². The summed E-state index contributed by atoms with van der Waals surface area (Å²) < 4.78 is 5.31. The molecule has 1 aromatic heterocycles. The van der Waals surface area contributed by atoms with Gasteiger partial charge in [0.25, 0.3) is 0 Å². The highest BCUT2D eigenvalue weighted by Gasteiger charge is 2.35. The van der Waals surface area contributed by atoms with E-state index >= 15 is 0 Å². The number of rotatable bonds is 3. The minimum Gasteiger partial charge on any atom is -0.361 e. The summed E-state index contributed by atoms with van der Waals surface area (Å²) in [7, 11) is 0. The number of aromatic nitrogens is 1. The summed E-state index contributed by atoms with van der Waals surface area (Å²) in [5.74, 6) is 0.987. The molecule has 2 fully saturated rings. The Morgan fingerprint density at radius 2 is 2.16 bits per heavy atom. The van der Waals surface area contributed by atoms with Gasteiger partial charge in [0.15, 0.2) is 0 Å². The Morgan fingerprint density at radius 3 is 2.84 bits per heavy atom. The van der Waals surface area contributed by atoms with Crippen LogP contribution in [-0.2, 0) is 6.54 Å². The summed E-state index contributed by atoms with van der Waals surface area (Å²) in [6.07, 6.45) is 3.97. The molecule has 0 bridgehead atoms. The van der Waals surface area contributed by atoms with Crippen LogP contribution < -0.4 is 0 Å². The molecule has 2 aliphatic heterocycles. The van der Waals surface area contributed by atoms with Gasteiger partial charge in [-0.3, -0.25) is 9.80 Å². The van der Waals surface area contributed by atoms with Crippen molar-refractivity contribution in [1.29, 1.82) is 0 Å². The zero-order valence-corrected chi connectivity index (χ0v) is 12.4. The van der Waals surface area contributed by atoms with Gasteiger partial charge in [-0.05, 0) is 39.7 Å². The highest BCUT2D eigenvalue weighted by atomic mass is 16.5. The maximum absolute atomic E-state index is 5.31. The molecule has 2 atom stereocenters. The summed E-state index contributed by atoms with van der Waals surface area (Å²) >= 11 is 0. The Balaban J connectivity index is 1.75. The number of hydrogen-bond donors (Lipinski definition) is 0. The lowest BCUT2D eigenvalue weighted by molar-refractivity contribution is 0.0433. The van der Waals surface area contributed by atoms with E-state index in [-0.39, 0.29) is 0 Å². The second-order valence-electron chi connectivity index (χ2n) is 6.09. The zero-order chi connectivity index (χ0) is 13.4. The molecule has 0 saturated carbocycles. The van der Waals surface area contributed by atoms with Crippen LogP contribution >= 0.6 is 0 Å². The molecule has 0 aliphatic carbocycles. The maximum Gasteiger partial charge on any atom is 0.138 e.